The molecule has 0 fully saturated rings. The Kier molecular flexibility index (Phi) is 7.53. The molecule has 0 bridgehead atoms. The summed E-state index contributed by atoms with van der Waals surface area (Å²) in [5.41, 5.74) is 16.8. The molecule has 0 aliphatic rings. The van der Waals surface area contributed by atoms with Crippen LogP contribution < -0.4 is 0 Å². The van der Waals surface area contributed by atoms with Gasteiger partial charge in [-0.25, -0.2) is 0 Å². The summed E-state index contributed by atoms with van der Waals surface area (Å²) in [7, 11) is 0. The van der Waals surface area contributed by atoms with Gasteiger partial charge in [-0.2, -0.15) is 0 Å². The Balaban J connectivity index is 1.06. The first-order valence-electron chi connectivity index (χ1n) is 19.3. The summed E-state index contributed by atoms with van der Waals surface area (Å²) in [6.45, 7) is 0. The first kappa shape index (κ1) is 32.0. The molecule has 0 spiro atoms. The van der Waals surface area contributed by atoms with Gasteiger partial charge < -0.3 is 9.13 Å². The summed E-state index contributed by atoms with van der Waals surface area (Å²) in [4.78, 5) is 0. The molecule has 11 rings (SSSR count). The van der Waals surface area contributed by atoms with Crippen LogP contribution in [0.4, 0.5) is 0 Å². The van der Waals surface area contributed by atoms with Crippen molar-refractivity contribution < 1.29 is 0 Å². The molecule has 0 saturated carbocycles. The zero-order chi connectivity index (χ0) is 37.0. The molecule has 56 heavy (non-hydrogen) atoms. The fourth-order valence-electron chi connectivity index (χ4n) is 8.66. The number of nitrogens with zero attached hydrogens (tertiary/aromatic N) is 2. The maximum absolute atomic E-state index is 2.45. The maximum Gasteiger partial charge on any atom is 0.0619 e. The van der Waals surface area contributed by atoms with Gasteiger partial charge in [0.1, 0.15) is 0 Å². The van der Waals surface area contributed by atoms with Crippen molar-refractivity contribution in [2.24, 2.45) is 0 Å². The Labute approximate surface area is 325 Å². The van der Waals surface area contributed by atoms with E-state index in [2.05, 4.69) is 228 Å². The molecule has 2 nitrogen and oxygen atoms in total. The van der Waals surface area contributed by atoms with Crippen molar-refractivity contribution >= 4 is 43.6 Å². The first-order valence-corrected chi connectivity index (χ1v) is 19.3. The topological polar surface area (TPSA) is 9.86 Å². The third kappa shape index (κ3) is 5.26. The zero-order valence-electron chi connectivity index (χ0n) is 30.7. The second kappa shape index (κ2) is 13.2. The third-order valence-corrected chi connectivity index (χ3v) is 11.3. The van der Waals surface area contributed by atoms with Gasteiger partial charge in [-0.05, 0) is 93.5 Å². The van der Waals surface area contributed by atoms with Gasteiger partial charge in [-0.3, -0.25) is 0 Å². The summed E-state index contributed by atoms with van der Waals surface area (Å²) < 4.78 is 4.83. The van der Waals surface area contributed by atoms with Crippen molar-refractivity contribution in [3.8, 4) is 55.9 Å². The molecule has 0 radical (unpaired) electrons. The average Bonchev–Trinajstić information content (AvgIpc) is 3.80. The Morgan fingerprint density at radius 2 is 0.661 bits per heavy atom. The van der Waals surface area contributed by atoms with Crippen LogP contribution in [0, 0.1) is 0 Å². The van der Waals surface area contributed by atoms with E-state index in [-0.39, 0.29) is 0 Å². The first-order chi connectivity index (χ1) is 27.8. The summed E-state index contributed by atoms with van der Waals surface area (Å²) in [5.74, 6) is 0. The van der Waals surface area contributed by atoms with Crippen molar-refractivity contribution in [3.63, 3.8) is 0 Å². The second-order valence-electron chi connectivity index (χ2n) is 14.5. The van der Waals surface area contributed by atoms with Crippen LogP contribution in [-0.2, 0) is 0 Å². The minimum absolute atomic E-state index is 1.14. The molecule has 0 aliphatic heterocycles. The number of benzene rings is 9. The molecule has 0 aliphatic carbocycles. The van der Waals surface area contributed by atoms with E-state index in [9.17, 15) is 0 Å². The lowest BCUT2D eigenvalue weighted by atomic mass is 9.99. The fourth-order valence-corrected chi connectivity index (χ4v) is 8.66. The number of hydrogen-bond acceptors (Lipinski definition) is 0. The second-order valence-corrected chi connectivity index (χ2v) is 14.5. The maximum atomic E-state index is 2.45. The van der Waals surface area contributed by atoms with Crippen LogP contribution in [0.5, 0.6) is 0 Å². The Hall–Kier alpha value is -7.42. The standard InChI is InChI=1S/C54H36N2/c1-4-13-37(14-5-1)38-23-25-39(26-24-38)40-27-31-45(32-28-40)56-53-34-30-43(36-50(53)48-21-12-20-46(54(48)56)41-15-6-2-7-16-41)42-29-33-52-49(35-42)47-19-10-11-22-51(47)55(52)44-17-8-3-9-18-44/h1-36H. The van der Waals surface area contributed by atoms with Gasteiger partial charge >= 0.3 is 0 Å². The molecule has 0 amide bonds. The highest BCUT2D eigenvalue weighted by Gasteiger charge is 2.19. The minimum atomic E-state index is 1.14. The average molecular weight is 713 g/mol. The van der Waals surface area contributed by atoms with E-state index >= 15 is 0 Å². The van der Waals surface area contributed by atoms with Crippen molar-refractivity contribution in [1.82, 2.24) is 9.13 Å². The molecule has 2 aromatic heterocycles. The molecule has 0 saturated heterocycles. The lowest BCUT2D eigenvalue weighted by Crippen LogP contribution is -1.95. The van der Waals surface area contributed by atoms with Gasteiger partial charge in [-0.15, -0.1) is 0 Å². The largest absolute Gasteiger partial charge is 0.309 e. The Morgan fingerprint density at radius 1 is 0.232 bits per heavy atom. The van der Waals surface area contributed by atoms with Crippen LogP contribution in [0.25, 0.3) is 99.5 Å². The van der Waals surface area contributed by atoms with Crippen LogP contribution in [0.1, 0.15) is 0 Å². The summed E-state index contributed by atoms with van der Waals surface area (Å²) in [6, 6.07) is 79.3. The van der Waals surface area contributed by atoms with Gasteiger partial charge in [0, 0.05) is 38.5 Å². The zero-order valence-corrected chi connectivity index (χ0v) is 30.7. The van der Waals surface area contributed by atoms with Gasteiger partial charge in [-0.1, -0.05) is 164 Å². The van der Waals surface area contributed by atoms with Gasteiger partial charge in [0.15, 0.2) is 0 Å². The number of para-hydroxylation sites is 3. The van der Waals surface area contributed by atoms with Crippen molar-refractivity contribution in [2.75, 3.05) is 0 Å². The highest BCUT2D eigenvalue weighted by molar-refractivity contribution is 6.15. The van der Waals surface area contributed by atoms with E-state index in [0.717, 1.165) is 5.69 Å². The number of fused-ring (bicyclic) bond motifs is 6. The molecule has 11 aromatic rings. The van der Waals surface area contributed by atoms with Crippen LogP contribution in [-0.4, -0.2) is 9.13 Å². The lowest BCUT2D eigenvalue weighted by Gasteiger charge is -2.13. The molecule has 2 heterocycles. The van der Waals surface area contributed by atoms with Crippen LogP contribution in [0.2, 0.25) is 0 Å². The summed E-state index contributed by atoms with van der Waals surface area (Å²) in [6.07, 6.45) is 0. The van der Waals surface area contributed by atoms with Crippen LogP contribution in [0.3, 0.4) is 0 Å². The molecule has 9 aromatic carbocycles. The number of hydrogen-bond donors (Lipinski definition) is 0. The van der Waals surface area contributed by atoms with Crippen LogP contribution in [0.15, 0.2) is 218 Å². The van der Waals surface area contributed by atoms with Gasteiger partial charge in [0.2, 0.25) is 0 Å². The summed E-state index contributed by atoms with van der Waals surface area (Å²) in [5, 5.41) is 4.99. The number of rotatable bonds is 6. The third-order valence-electron chi connectivity index (χ3n) is 11.3. The molecule has 0 N–H and O–H groups in total. The van der Waals surface area contributed by atoms with Gasteiger partial charge in [0.25, 0.3) is 0 Å². The van der Waals surface area contributed by atoms with E-state index in [1.54, 1.807) is 0 Å². The SMILES string of the molecule is c1ccc(-c2ccc(-c3ccc(-n4c5ccc(-c6ccc7c(c6)c6ccccc6n7-c6ccccc6)cc5c5cccc(-c6ccccc6)c54)cc3)cc2)cc1. The number of aromatic nitrogens is 2. The van der Waals surface area contributed by atoms with E-state index in [0.29, 0.717) is 0 Å². The summed E-state index contributed by atoms with van der Waals surface area (Å²) >= 11 is 0. The predicted octanol–water partition coefficient (Wildman–Crippen LogP) is 14.5. The predicted molar refractivity (Wildman–Crippen MR) is 237 cm³/mol. The van der Waals surface area contributed by atoms with Crippen molar-refractivity contribution in [1.29, 1.82) is 0 Å². The van der Waals surface area contributed by atoms with Crippen molar-refractivity contribution in [3.05, 3.63) is 218 Å². The van der Waals surface area contributed by atoms with Crippen LogP contribution >= 0.6 is 0 Å². The quantitative estimate of drug-likeness (QED) is 0.162. The molecule has 2 heteroatoms. The van der Waals surface area contributed by atoms with E-state index in [1.165, 1.54) is 93.8 Å². The monoisotopic (exact) mass is 712 g/mol. The van der Waals surface area contributed by atoms with E-state index in [1.807, 2.05) is 0 Å². The smallest absolute Gasteiger partial charge is 0.0619 e. The molecular formula is C54H36N2. The minimum Gasteiger partial charge on any atom is -0.309 e. The Morgan fingerprint density at radius 3 is 1.30 bits per heavy atom. The normalized spacial score (nSPS) is 11.6. The molecule has 262 valence electrons. The molecular weight excluding hydrogens is 677 g/mol. The van der Waals surface area contributed by atoms with E-state index < -0.39 is 0 Å². The highest BCUT2D eigenvalue weighted by atomic mass is 15.0. The Bertz CT molecular complexity index is 3190. The highest BCUT2D eigenvalue weighted by Crippen LogP contribution is 2.41. The van der Waals surface area contributed by atoms with Gasteiger partial charge in [0.05, 0.1) is 22.1 Å². The van der Waals surface area contributed by atoms with Crippen molar-refractivity contribution in [2.45, 2.75) is 0 Å². The van der Waals surface area contributed by atoms with E-state index in [4.69, 9.17) is 0 Å². The molecule has 0 atom stereocenters. The lowest BCUT2D eigenvalue weighted by molar-refractivity contribution is 1.18. The fraction of sp³-hybridized carbons (Fsp3) is 0. The molecule has 0 unspecified atom stereocenters.